The molecule has 2 rings (SSSR count). The van der Waals surface area contributed by atoms with Crippen LogP contribution in [0.1, 0.15) is 30.6 Å². The zero-order valence-electron chi connectivity index (χ0n) is 10.1. The maximum Gasteiger partial charge on any atom is 0.226 e. The monoisotopic (exact) mass is 266 g/mol. The molecule has 1 aromatic carbocycles. The molecule has 1 N–H and O–H groups in total. The van der Waals surface area contributed by atoms with Crippen molar-refractivity contribution in [2.45, 2.75) is 32.3 Å². The Kier molecular flexibility index (Phi) is 4.33. The highest BCUT2D eigenvalue weighted by molar-refractivity contribution is 6.30. The summed E-state index contributed by atoms with van der Waals surface area (Å²) in [7, 11) is 0. The lowest BCUT2D eigenvalue weighted by molar-refractivity contribution is 0.180. The van der Waals surface area contributed by atoms with E-state index >= 15 is 0 Å². The number of hydrogen-bond acceptors (Lipinski definition) is 4. The van der Waals surface area contributed by atoms with Gasteiger partial charge >= 0.3 is 0 Å². The number of aromatic nitrogens is 2. The normalized spacial score (nSPS) is 12.6. The molecule has 0 amide bonds. The van der Waals surface area contributed by atoms with Gasteiger partial charge in [-0.25, -0.2) is 0 Å². The van der Waals surface area contributed by atoms with E-state index in [4.69, 9.17) is 16.1 Å². The molecule has 1 heterocycles. The largest absolute Gasteiger partial charge is 0.393 e. The summed E-state index contributed by atoms with van der Waals surface area (Å²) >= 11 is 5.91. The van der Waals surface area contributed by atoms with Gasteiger partial charge in [-0.1, -0.05) is 28.9 Å². The molecule has 1 unspecified atom stereocenters. The van der Waals surface area contributed by atoms with E-state index in [9.17, 15) is 5.11 Å². The second-order valence-electron chi connectivity index (χ2n) is 4.30. The minimum Gasteiger partial charge on any atom is -0.393 e. The van der Waals surface area contributed by atoms with Crippen LogP contribution in [0.2, 0.25) is 5.02 Å². The molecule has 0 saturated heterocycles. The molecule has 0 saturated carbocycles. The number of nitrogens with zero attached hydrogens (tertiary/aromatic N) is 2. The van der Waals surface area contributed by atoms with Crippen molar-refractivity contribution in [3.63, 3.8) is 0 Å². The van der Waals surface area contributed by atoms with E-state index in [1.165, 1.54) is 0 Å². The molecule has 5 heteroatoms. The third-order valence-corrected chi connectivity index (χ3v) is 2.77. The maximum absolute atomic E-state index is 9.18. The Hall–Kier alpha value is -1.39. The molecule has 0 bridgehead atoms. The summed E-state index contributed by atoms with van der Waals surface area (Å²) in [4.78, 5) is 4.28. The minimum atomic E-state index is -0.353. The van der Waals surface area contributed by atoms with E-state index in [0.717, 1.165) is 5.56 Å². The smallest absolute Gasteiger partial charge is 0.226 e. The third kappa shape index (κ3) is 3.82. The van der Waals surface area contributed by atoms with Crippen LogP contribution in [0, 0.1) is 0 Å². The quantitative estimate of drug-likeness (QED) is 0.904. The average Bonchev–Trinajstić information content (AvgIpc) is 2.74. The van der Waals surface area contributed by atoms with Crippen molar-refractivity contribution in [1.82, 2.24) is 10.1 Å². The molecule has 1 atom stereocenters. The zero-order chi connectivity index (χ0) is 13.0. The van der Waals surface area contributed by atoms with E-state index in [1.54, 1.807) is 6.92 Å². The first-order chi connectivity index (χ1) is 8.63. The molecule has 2 aromatic rings. The third-order valence-electron chi connectivity index (χ3n) is 2.54. The van der Waals surface area contributed by atoms with Gasteiger partial charge in [-0.15, -0.1) is 0 Å². The highest BCUT2D eigenvalue weighted by atomic mass is 35.5. The summed E-state index contributed by atoms with van der Waals surface area (Å²) in [6.07, 6.45) is 1.46. The molecule has 0 aliphatic heterocycles. The molecular formula is C13H15ClN2O2. The molecular weight excluding hydrogens is 252 g/mol. The molecule has 18 heavy (non-hydrogen) atoms. The fourth-order valence-corrected chi connectivity index (χ4v) is 1.84. The Balaban J connectivity index is 1.98. The van der Waals surface area contributed by atoms with Crippen molar-refractivity contribution in [2.24, 2.45) is 0 Å². The van der Waals surface area contributed by atoms with Crippen LogP contribution >= 0.6 is 11.6 Å². The summed E-state index contributed by atoms with van der Waals surface area (Å²) < 4.78 is 5.11. The second kappa shape index (κ2) is 5.98. The van der Waals surface area contributed by atoms with Gasteiger partial charge in [-0.05, 0) is 31.0 Å². The van der Waals surface area contributed by atoms with E-state index in [-0.39, 0.29) is 6.10 Å². The molecule has 0 aliphatic rings. The van der Waals surface area contributed by atoms with Crippen LogP contribution in [0.15, 0.2) is 28.8 Å². The van der Waals surface area contributed by atoms with Crippen molar-refractivity contribution >= 4 is 11.6 Å². The number of aliphatic hydroxyl groups is 1. The van der Waals surface area contributed by atoms with Crippen LogP contribution in [-0.2, 0) is 12.8 Å². The standard InChI is InChI=1S/C13H15ClN2O2/c1-9(17)5-6-13-15-12(16-18-13)8-10-3-2-4-11(14)7-10/h2-4,7,9,17H,5-6,8H2,1H3. The van der Waals surface area contributed by atoms with Gasteiger partial charge < -0.3 is 9.63 Å². The fraction of sp³-hybridized carbons (Fsp3) is 0.385. The van der Waals surface area contributed by atoms with Gasteiger partial charge in [0.15, 0.2) is 5.82 Å². The van der Waals surface area contributed by atoms with Gasteiger partial charge in [0.1, 0.15) is 0 Å². The highest BCUT2D eigenvalue weighted by Crippen LogP contribution is 2.13. The molecule has 0 radical (unpaired) electrons. The van der Waals surface area contributed by atoms with Crippen LogP contribution in [0.4, 0.5) is 0 Å². The Bertz CT molecular complexity index is 511. The summed E-state index contributed by atoms with van der Waals surface area (Å²) in [5, 5.41) is 13.8. The summed E-state index contributed by atoms with van der Waals surface area (Å²) in [5.74, 6) is 1.20. The fourth-order valence-electron chi connectivity index (χ4n) is 1.63. The predicted octanol–water partition coefficient (Wildman–Crippen LogP) is 2.63. The first-order valence-corrected chi connectivity index (χ1v) is 6.25. The van der Waals surface area contributed by atoms with Crippen LogP contribution in [0.25, 0.3) is 0 Å². The topological polar surface area (TPSA) is 59.2 Å². The number of rotatable bonds is 5. The minimum absolute atomic E-state index is 0.353. The van der Waals surface area contributed by atoms with Crippen LogP contribution < -0.4 is 0 Å². The first-order valence-electron chi connectivity index (χ1n) is 5.87. The highest BCUT2D eigenvalue weighted by Gasteiger charge is 2.08. The molecule has 0 aliphatic carbocycles. The van der Waals surface area contributed by atoms with E-state index in [1.807, 2.05) is 24.3 Å². The van der Waals surface area contributed by atoms with Crippen LogP contribution in [0.5, 0.6) is 0 Å². The van der Waals surface area contributed by atoms with Crippen LogP contribution in [-0.4, -0.2) is 21.4 Å². The van der Waals surface area contributed by atoms with Crippen molar-refractivity contribution in [1.29, 1.82) is 0 Å². The van der Waals surface area contributed by atoms with E-state index < -0.39 is 0 Å². The van der Waals surface area contributed by atoms with E-state index in [0.29, 0.717) is 36.0 Å². The molecule has 0 fully saturated rings. The maximum atomic E-state index is 9.18. The number of aliphatic hydroxyl groups excluding tert-OH is 1. The number of hydrogen-bond donors (Lipinski definition) is 1. The Morgan fingerprint density at radius 3 is 3.00 bits per heavy atom. The first kappa shape index (κ1) is 13.1. The van der Waals surface area contributed by atoms with Crippen molar-refractivity contribution in [3.8, 4) is 0 Å². The Labute approximate surface area is 111 Å². The zero-order valence-corrected chi connectivity index (χ0v) is 10.9. The molecule has 4 nitrogen and oxygen atoms in total. The van der Waals surface area contributed by atoms with Gasteiger partial charge in [0, 0.05) is 17.9 Å². The number of aryl methyl sites for hydroxylation is 1. The van der Waals surface area contributed by atoms with Gasteiger partial charge in [0.25, 0.3) is 0 Å². The summed E-state index contributed by atoms with van der Waals surface area (Å²) in [6, 6.07) is 7.58. The number of benzene rings is 1. The summed E-state index contributed by atoms with van der Waals surface area (Å²) in [5.41, 5.74) is 1.05. The SMILES string of the molecule is CC(O)CCc1nc(Cc2cccc(Cl)c2)no1. The average molecular weight is 267 g/mol. The van der Waals surface area contributed by atoms with Gasteiger partial charge in [-0.3, -0.25) is 0 Å². The Morgan fingerprint density at radius 1 is 1.44 bits per heavy atom. The van der Waals surface area contributed by atoms with Crippen LogP contribution in [0.3, 0.4) is 0 Å². The lowest BCUT2D eigenvalue weighted by Gasteiger charge is -1.98. The van der Waals surface area contributed by atoms with Crippen molar-refractivity contribution in [3.05, 3.63) is 46.6 Å². The summed E-state index contributed by atoms with van der Waals surface area (Å²) in [6.45, 7) is 1.74. The number of halogens is 1. The van der Waals surface area contributed by atoms with Gasteiger partial charge in [-0.2, -0.15) is 4.98 Å². The Morgan fingerprint density at radius 2 is 2.28 bits per heavy atom. The van der Waals surface area contributed by atoms with Gasteiger partial charge in [0.05, 0.1) is 6.10 Å². The lowest BCUT2D eigenvalue weighted by atomic mass is 10.1. The van der Waals surface area contributed by atoms with E-state index in [2.05, 4.69) is 10.1 Å². The molecule has 96 valence electrons. The molecule has 1 aromatic heterocycles. The van der Waals surface area contributed by atoms with Crippen molar-refractivity contribution in [2.75, 3.05) is 0 Å². The predicted molar refractivity (Wildman–Crippen MR) is 68.6 cm³/mol. The molecule has 0 spiro atoms. The van der Waals surface area contributed by atoms with Crippen molar-refractivity contribution < 1.29 is 9.63 Å². The second-order valence-corrected chi connectivity index (χ2v) is 4.74. The lowest BCUT2D eigenvalue weighted by Crippen LogP contribution is -2.01. The van der Waals surface area contributed by atoms with Gasteiger partial charge in [0.2, 0.25) is 5.89 Å².